The molecule has 3 heteroatoms. The summed E-state index contributed by atoms with van der Waals surface area (Å²) >= 11 is 0. The van der Waals surface area contributed by atoms with Gasteiger partial charge in [-0.2, -0.15) is 0 Å². The third-order valence-electron chi connectivity index (χ3n) is 3.92. The van der Waals surface area contributed by atoms with Crippen molar-refractivity contribution in [2.75, 3.05) is 19.6 Å². The molecule has 2 heterocycles. The van der Waals surface area contributed by atoms with Crippen LogP contribution in [0.1, 0.15) is 39.5 Å². The highest BCUT2D eigenvalue weighted by atomic mass is 16.5. The van der Waals surface area contributed by atoms with Crippen molar-refractivity contribution in [3.05, 3.63) is 12.3 Å². The third-order valence-corrected chi connectivity index (χ3v) is 3.92. The van der Waals surface area contributed by atoms with E-state index in [-0.39, 0.29) is 0 Å². The first-order chi connectivity index (χ1) is 8.25. The van der Waals surface area contributed by atoms with Crippen molar-refractivity contribution >= 4 is 0 Å². The largest absolute Gasteiger partial charge is 0.497 e. The van der Waals surface area contributed by atoms with Gasteiger partial charge in [0.25, 0.3) is 0 Å². The summed E-state index contributed by atoms with van der Waals surface area (Å²) in [5.74, 6) is 0. The van der Waals surface area contributed by atoms with Crippen molar-refractivity contribution in [3.8, 4) is 0 Å². The van der Waals surface area contributed by atoms with E-state index in [1.54, 1.807) is 0 Å². The van der Waals surface area contributed by atoms with Crippen molar-refractivity contribution in [2.24, 2.45) is 0 Å². The molecule has 2 aliphatic rings. The summed E-state index contributed by atoms with van der Waals surface area (Å²) in [7, 11) is 0. The van der Waals surface area contributed by atoms with E-state index in [9.17, 15) is 0 Å². The molecule has 1 N–H and O–H groups in total. The molecule has 0 aromatic heterocycles. The van der Waals surface area contributed by atoms with E-state index in [1.807, 2.05) is 6.26 Å². The van der Waals surface area contributed by atoms with Crippen LogP contribution in [-0.2, 0) is 4.74 Å². The fourth-order valence-electron chi connectivity index (χ4n) is 2.65. The molecular formula is C14H26N2O. The number of rotatable bonds is 4. The number of likely N-dealkylation sites (tertiary alicyclic amines) is 1. The highest BCUT2D eigenvalue weighted by Gasteiger charge is 2.21. The van der Waals surface area contributed by atoms with Crippen LogP contribution in [0, 0.1) is 0 Å². The summed E-state index contributed by atoms with van der Waals surface area (Å²) in [5, 5.41) is 3.67. The third kappa shape index (κ3) is 4.00. The quantitative estimate of drug-likeness (QED) is 0.812. The minimum absolute atomic E-state index is 0.392. The molecule has 1 unspecified atom stereocenters. The van der Waals surface area contributed by atoms with E-state index in [0.29, 0.717) is 18.2 Å². The maximum atomic E-state index is 5.57. The van der Waals surface area contributed by atoms with Crippen LogP contribution in [0.3, 0.4) is 0 Å². The first kappa shape index (κ1) is 12.9. The minimum atomic E-state index is 0.392. The predicted molar refractivity (Wildman–Crippen MR) is 71.0 cm³/mol. The Balaban J connectivity index is 1.63. The van der Waals surface area contributed by atoms with E-state index in [2.05, 4.69) is 30.1 Å². The lowest BCUT2D eigenvalue weighted by Gasteiger charge is -2.35. The number of hydrogen-bond donors (Lipinski definition) is 1. The van der Waals surface area contributed by atoms with Crippen molar-refractivity contribution in [2.45, 2.75) is 57.7 Å². The monoisotopic (exact) mass is 238 g/mol. The summed E-state index contributed by atoms with van der Waals surface area (Å²) in [6, 6.07) is 1.39. The van der Waals surface area contributed by atoms with Gasteiger partial charge in [-0.05, 0) is 58.7 Å². The second kappa shape index (κ2) is 6.41. The topological polar surface area (TPSA) is 24.5 Å². The highest BCUT2D eigenvalue weighted by molar-refractivity contribution is 4.85. The van der Waals surface area contributed by atoms with Crippen molar-refractivity contribution in [1.29, 1.82) is 0 Å². The second-order valence-corrected chi connectivity index (χ2v) is 5.52. The van der Waals surface area contributed by atoms with Gasteiger partial charge in [0.1, 0.15) is 6.10 Å². The SMILES string of the molecule is CC(C)N1CCC(NCC2CCC=CO2)CC1. The molecule has 1 saturated heterocycles. The first-order valence-corrected chi connectivity index (χ1v) is 7.03. The van der Waals surface area contributed by atoms with E-state index in [0.717, 1.165) is 19.4 Å². The van der Waals surface area contributed by atoms with Crippen LogP contribution in [0.15, 0.2) is 12.3 Å². The fraction of sp³-hybridized carbons (Fsp3) is 0.857. The standard InChI is InChI=1S/C14H26N2O/c1-12(2)16-8-6-13(7-9-16)15-11-14-5-3-4-10-17-14/h4,10,12-15H,3,5-9,11H2,1-2H3. The molecule has 3 nitrogen and oxygen atoms in total. The van der Waals surface area contributed by atoms with Crippen LogP contribution in [0.4, 0.5) is 0 Å². The van der Waals surface area contributed by atoms with E-state index in [4.69, 9.17) is 4.74 Å². The summed E-state index contributed by atoms with van der Waals surface area (Å²) in [6.07, 6.45) is 9.24. The Morgan fingerprint density at radius 1 is 1.29 bits per heavy atom. The Morgan fingerprint density at radius 2 is 2.06 bits per heavy atom. The zero-order valence-corrected chi connectivity index (χ0v) is 11.2. The molecule has 2 rings (SSSR count). The van der Waals surface area contributed by atoms with Gasteiger partial charge < -0.3 is 15.0 Å². The van der Waals surface area contributed by atoms with Crippen LogP contribution in [0.5, 0.6) is 0 Å². The molecule has 0 spiro atoms. The lowest BCUT2D eigenvalue weighted by atomic mass is 10.0. The van der Waals surface area contributed by atoms with Crippen molar-refractivity contribution in [3.63, 3.8) is 0 Å². The Labute approximate surface area is 105 Å². The van der Waals surface area contributed by atoms with Crippen LogP contribution < -0.4 is 5.32 Å². The molecule has 0 amide bonds. The van der Waals surface area contributed by atoms with Crippen LogP contribution in [0.25, 0.3) is 0 Å². The van der Waals surface area contributed by atoms with Gasteiger partial charge in [-0.3, -0.25) is 0 Å². The number of ether oxygens (including phenoxy) is 1. The van der Waals surface area contributed by atoms with Gasteiger partial charge >= 0.3 is 0 Å². The van der Waals surface area contributed by atoms with E-state index in [1.165, 1.54) is 25.9 Å². The molecule has 98 valence electrons. The molecule has 0 radical (unpaired) electrons. The second-order valence-electron chi connectivity index (χ2n) is 5.52. The molecule has 1 fully saturated rings. The molecule has 0 bridgehead atoms. The fourth-order valence-corrected chi connectivity index (χ4v) is 2.65. The van der Waals surface area contributed by atoms with Gasteiger partial charge in [-0.25, -0.2) is 0 Å². The molecule has 0 saturated carbocycles. The molecule has 0 aliphatic carbocycles. The number of allylic oxidation sites excluding steroid dienone is 1. The van der Waals surface area contributed by atoms with Crippen molar-refractivity contribution in [1.82, 2.24) is 10.2 Å². The number of piperidine rings is 1. The van der Waals surface area contributed by atoms with Crippen molar-refractivity contribution < 1.29 is 4.74 Å². The Hall–Kier alpha value is -0.540. The van der Waals surface area contributed by atoms with E-state index >= 15 is 0 Å². The molecule has 0 aromatic carbocycles. The normalized spacial score (nSPS) is 27.4. The first-order valence-electron chi connectivity index (χ1n) is 7.03. The van der Waals surface area contributed by atoms with Gasteiger partial charge in [0.05, 0.1) is 6.26 Å². The zero-order chi connectivity index (χ0) is 12.1. The van der Waals surface area contributed by atoms with Crippen LogP contribution in [-0.4, -0.2) is 42.7 Å². The zero-order valence-electron chi connectivity index (χ0n) is 11.2. The molecule has 0 aromatic rings. The van der Waals surface area contributed by atoms with Gasteiger partial charge in [0.15, 0.2) is 0 Å². The van der Waals surface area contributed by atoms with Crippen LogP contribution in [0.2, 0.25) is 0 Å². The summed E-state index contributed by atoms with van der Waals surface area (Å²) < 4.78 is 5.57. The van der Waals surface area contributed by atoms with Gasteiger partial charge in [-0.1, -0.05) is 0 Å². The highest BCUT2D eigenvalue weighted by Crippen LogP contribution is 2.14. The maximum Gasteiger partial charge on any atom is 0.110 e. The average molecular weight is 238 g/mol. The average Bonchev–Trinajstić information content (AvgIpc) is 2.38. The molecule has 1 atom stereocenters. The smallest absolute Gasteiger partial charge is 0.110 e. The summed E-state index contributed by atoms with van der Waals surface area (Å²) in [5.41, 5.74) is 0. The Morgan fingerprint density at radius 3 is 2.65 bits per heavy atom. The summed E-state index contributed by atoms with van der Waals surface area (Å²) in [6.45, 7) is 8.06. The lowest BCUT2D eigenvalue weighted by Crippen LogP contribution is -2.46. The lowest BCUT2D eigenvalue weighted by molar-refractivity contribution is 0.108. The maximum absolute atomic E-state index is 5.57. The van der Waals surface area contributed by atoms with Gasteiger partial charge in [0.2, 0.25) is 0 Å². The molecule has 17 heavy (non-hydrogen) atoms. The molecular weight excluding hydrogens is 212 g/mol. The minimum Gasteiger partial charge on any atom is -0.497 e. The van der Waals surface area contributed by atoms with Gasteiger partial charge in [-0.15, -0.1) is 0 Å². The molecule has 2 aliphatic heterocycles. The predicted octanol–water partition coefficient (Wildman–Crippen LogP) is 2.14. The number of nitrogens with one attached hydrogen (secondary N) is 1. The van der Waals surface area contributed by atoms with Crippen LogP contribution >= 0.6 is 0 Å². The number of nitrogens with zero attached hydrogens (tertiary/aromatic N) is 1. The van der Waals surface area contributed by atoms with E-state index < -0.39 is 0 Å². The summed E-state index contributed by atoms with van der Waals surface area (Å²) in [4.78, 5) is 2.57. The Bertz CT molecular complexity index is 245. The Kier molecular flexibility index (Phi) is 4.86. The number of hydrogen-bond acceptors (Lipinski definition) is 3. The van der Waals surface area contributed by atoms with Gasteiger partial charge in [0, 0.05) is 18.6 Å².